The van der Waals surface area contributed by atoms with Crippen molar-refractivity contribution in [3.63, 3.8) is 0 Å². The Morgan fingerprint density at radius 2 is 0.551 bits per heavy atom. The van der Waals surface area contributed by atoms with Crippen molar-refractivity contribution in [1.82, 2.24) is 0 Å². The van der Waals surface area contributed by atoms with Gasteiger partial charge in [0.25, 0.3) is 0 Å². The molecule has 578 valence electrons. The number of hydrogen-bond acceptors (Lipinski definition) is 15. The molecule has 0 bridgehead atoms. The van der Waals surface area contributed by atoms with Gasteiger partial charge >= 0.3 is 39.5 Å². The Hall–Kier alpha value is -2.46. The molecule has 0 saturated heterocycles. The lowest BCUT2D eigenvalue weighted by Gasteiger charge is -2.21. The quantitative estimate of drug-likeness (QED) is 0.0169. The molecule has 98 heavy (non-hydrogen) atoms. The van der Waals surface area contributed by atoms with E-state index in [0.717, 1.165) is 115 Å². The summed E-state index contributed by atoms with van der Waals surface area (Å²) in [5.41, 5.74) is 0. The second-order valence-electron chi connectivity index (χ2n) is 28.2. The van der Waals surface area contributed by atoms with Gasteiger partial charge in [-0.25, -0.2) is 9.13 Å². The van der Waals surface area contributed by atoms with Gasteiger partial charge in [-0.1, -0.05) is 341 Å². The lowest BCUT2D eigenvalue weighted by molar-refractivity contribution is -0.161. The number of carbonyl (C=O) groups excluding carboxylic acids is 4. The summed E-state index contributed by atoms with van der Waals surface area (Å²) in [5, 5.41) is 10.6. The first kappa shape index (κ1) is 95.5. The summed E-state index contributed by atoms with van der Waals surface area (Å²) in [6.07, 6.45) is 64.6. The molecule has 2 unspecified atom stereocenters. The first-order valence-electron chi connectivity index (χ1n) is 40.5. The molecule has 19 heteroatoms. The largest absolute Gasteiger partial charge is 0.472 e. The van der Waals surface area contributed by atoms with Crippen LogP contribution in [-0.4, -0.2) is 96.7 Å². The predicted octanol–water partition coefficient (Wildman–Crippen LogP) is 23.2. The van der Waals surface area contributed by atoms with Gasteiger partial charge in [0.15, 0.2) is 12.2 Å². The van der Waals surface area contributed by atoms with E-state index in [1.165, 1.54) is 199 Å². The van der Waals surface area contributed by atoms with Crippen molar-refractivity contribution in [2.45, 2.75) is 412 Å². The molecule has 0 fully saturated rings. The van der Waals surface area contributed by atoms with Crippen LogP contribution in [0.2, 0.25) is 0 Å². The van der Waals surface area contributed by atoms with E-state index >= 15 is 0 Å². The second-order valence-corrected chi connectivity index (χ2v) is 31.2. The molecule has 3 N–H and O–H groups in total. The van der Waals surface area contributed by atoms with E-state index in [9.17, 15) is 43.2 Å². The van der Waals surface area contributed by atoms with E-state index in [1.54, 1.807) is 0 Å². The first-order valence-corrected chi connectivity index (χ1v) is 43.4. The molecule has 0 aliphatic rings. The average molecular weight is 1430 g/mol. The number of esters is 4. The normalized spacial score (nSPS) is 14.1. The Balaban J connectivity index is 5.27. The van der Waals surface area contributed by atoms with Gasteiger partial charge in [0, 0.05) is 25.7 Å². The summed E-state index contributed by atoms with van der Waals surface area (Å²) in [4.78, 5) is 72.9. The Morgan fingerprint density at radius 1 is 0.316 bits per heavy atom. The standard InChI is InChI=1S/C79H150O17P2/c1-6-9-12-15-18-21-24-26-28-29-30-31-33-35-38-44-49-54-59-64-78(83)95-74(69-90-77(82)63-58-53-48-43-37-34-32-27-25-22-19-16-13-10-7-2)70-93-97(85,86)91-66-73(80)67-92-98(87,88)94-71-75(68-89-76(81)62-57-52-47-42-36-23-20-17-14-11-8-3)96-79(84)65-60-55-50-45-40-39-41-46-51-56-61-72(4)5/h22,25,27,32,72-75,80H,6-21,23-24,26,28-31,33-71H2,1-5H3,(H,85,86)(H,87,88)/b25-22-,32-27-/t73-,74-,75-/m1/s1. The summed E-state index contributed by atoms with van der Waals surface area (Å²) < 4.78 is 68.6. The van der Waals surface area contributed by atoms with Crippen LogP contribution >= 0.6 is 15.6 Å². The molecule has 0 aliphatic heterocycles. The molecular weight excluding hydrogens is 1280 g/mol. The van der Waals surface area contributed by atoms with Gasteiger partial charge in [-0.05, 0) is 57.3 Å². The third kappa shape index (κ3) is 71.9. The van der Waals surface area contributed by atoms with Crippen LogP contribution in [0.3, 0.4) is 0 Å². The van der Waals surface area contributed by atoms with Gasteiger partial charge in [-0.15, -0.1) is 0 Å². The molecule has 0 saturated carbocycles. The first-order chi connectivity index (χ1) is 47.5. The van der Waals surface area contributed by atoms with Crippen LogP contribution < -0.4 is 0 Å². The van der Waals surface area contributed by atoms with Gasteiger partial charge in [0.1, 0.15) is 19.3 Å². The van der Waals surface area contributed by atoms with E-state index in [1.807, 2.05) is 0 Å². The fraction of sp³-hybridized carbons (Fsp3) is 0.899. The van der Waals surface area contributed by atoms with Crippen molar-refractivity contribution < 1.29 is 80.2 Å². The van der Waals surface area contributed by atoms with E-state index in [0.29, 0.717) is 25.7 Å². The number of carbonyl (C=O) groups is 4. The number of hydrogen-bond donors (Lipinski definition) is 3. The van der Waals surface area contributed by atoms with Gasteiger partial charge in [0.2, 0.25) is 0 Å². The van der Waals surface area contributed by atoms with Crippen molar-refractivity contribution in [2.24, 2.45) is 5.92 Å². The molecular formula is C79H150O17P2. The monoisotopic (exact) mass is 1430 g/mol. The summed E-state index contributed by atoms with van der Waals surface area (Å²) in [6.45, 7) is 7.23. The van der Waals surface area contributed by atoms with Crippen LogP contribution in [0.5, 0.6) is 0 Å². The number of phosphoric acid groups is 2. The molecule has 17 nitrogen and oxygen atoms in total. The molecule has 0 spiro atoms. The van der Waals surface area contributed by atoms with Crippen LogP contribution in [0.25, 0.3) is 0 Å². The molecule has 0 rings (SSSR count). The molecule has 0 aliphatic carbocycles. The number of rotatable bonds is 77. The fourth-order valence-electron chi connectivity index (χ4n) is 11.7. The summed E-state index contributed by atoms with van der Waals surface area (Å²) in [6, 6.07) is 0. The zero-order chi connectivity index (χ0) is 71.9. The highest BCUT2D eigenvalue weighted by Gasteiger charge is 2.30. The number of aliphatic hydroxyl groups is 1. The molecule has 0 aromatic carbocycles. The third-order valence-electron chi connectivity index (χ3n) is 17.9. The van der Waals surface area contributed by atoms with Crippen LogP contribution in [0.15, 0.2) is 24.3 Å². The Kier molecular flexibility index (Phi) is 69.7. The molecule has 0 heterocycles. The molecule has 0 aromatic heterocycles. The smallest absolute Gasteiger partial charge is 0.462 e. The summed E-state index contributed by atoms with van der Waals surface area (Å²) in [7, 11) is -9.93. The van der Waals surface area contributed by atoms with Gasteiger partial charge in [-0.3, -0.25) is 37.3 Å². The minimum absolute atomic E-state index is 0.102. The fourth-order valence-corrected chi connectivity index (χ4v) is 13.3. The zero-order valence-corrected chi connectivity index (χ0v) is 65.2. The highest BCUT2D eigenvalue weighted by Crippen LogP contribution is 2.45. The van der Waals surface area contributed by atoms with Crippen molar-refractivity contribution in [3.05, 3.63) is 24.3 Å². The van der Waals surface area contributed by atoms with Crippen molar-refractivity contribution in [1.29, 1.82) is 0 Å². The minimum Gasteiger partial charge on any atom is -0.462 e. The lowest BCUT2D eigenvalue weighted by Crippen LogP contribution is -2.30. The molecule has 0 amide bonds. The van der Waals surface area contributed by atoms with Crippen LogP contribution in [0, 0.1) is 5.92 Å². The maximum absolute atomic E-state index is 13.1. The number of ether oxygens (including phenoxy) is 4. The highest BCUT2D eigenvalue weighted by molar-refractivity contribution is 7.47. The van der Waals surface area contributed by atoms with Gasteiger partial charge < -0.3 is 33.8 Å². The lowest BCUT2D eigenvalue weighted by atomic mass is 10.0. The highest BCUT2D eigenvalue weighted by atomic mass is 31.2. The topological polar surface area (TPSA) is 237 Å². The van der Waals surface area contributed by atoms with E-state index in [2.05, 4.69) is 58.9 Å². The molecule has 0 radical (unpaired) electrons. The second kappa shape index (κ2) is 71.5. The SMILES string of the molecule is CCCCCC/C=C\C=C/CCCCCCCC(=O)OC[C@H](COP(=O)(O)OC[C@@H](O)COP(=O)(O)OC[C@@H](COC(=O)CCCCCCCCCCCCC)OC(=O)CCCCCCCCCCCCC(C)C)OC(=O)CCCCCCCCCCCCCCCCCCCCC. The average Bonchev–Trinajstić information content (AvgIpc) is 0.985. The Labute approximate surface area is 599 Å². The predicted molar refractivity (Wildman–Crippen MR) is 400 cm³/mol. The zero-order valence-electron chi connectivity index (χ0n) is 63.4. The maximum Gasteiger partial charge on any atom is 0.472 e. The summed E-state index contributed by atoms with van der Waals surface area (Å²) >= 11 is 0. The summed E-state index contributed by atoms with van der Waals surface area (Å²) in [5.74, 6) is -1.39. The number of unbranched alkanes of at least 4 members (excludes halogenated alkanes) is 46. The van der Waals surface area contributed by atoms with Gasteiger partial charge in [-0.2, -0.15) is 0 Å². The third-order valence-corrected chi connectivity index (χ3v) is 19.8. The van der Waals surface area contributed by atoms with Crippen LogP contribution in [0.4, 0.5) is 0 Å². The van der Waals surface area contributed by atoms with Gasteiger partial charge in [0.05, 0.1) is 26.4 Å². The number of allylic oxidation sites excluding steroid dienone is 4. The van der Waals surface area contributed by atoms with E-state index in [4.69, 9.17) is 37.0 Å². The van der Waals surface area contributed by atoms with Crippen LogP contribution in [-0.2, 0) is 65.4 Å². The molecule has 0 aromatic rings. The number of aliphatic hydroxyl groups excluding tert-OH is 1. The van der Waals surface area contributed by atoms with Crippen LogP contribution in [0.1, 0.15) is 394 Å². The Bertz CT molecular complexity index is 1970. The molecule has 5 atom stereocenters. The minimum atomic E-state index is -4.97. The number of phosphoric ester groups is 2. The van der Waals surface area contributed by atoms with E-state index < -0.39 is 97.5 Å². The Morgan fingerprint density at radius 3 is 0.837 bits per heavy atom. The maximum atomic E-state index is 13.1. The van der Waals surface area contributed by atoms with Crippen molar-refractivity contribution in [3.8, 4) is 0 Å². The van der Waals surface area contributed by atoms with E-state index in [-0.39, 0.29) is 25.7 Å². The van der Waals surface area contributed by atoms with Crippen molar-refractivity contribution in [2.75, 3.05) is 39.6 Å². The van der Waals surface area contributed by atoms with Crippen molar-refractivity contribution >= 4 is 39.5 Å².